The van der Waals surface area contributed by atoms with Gasteiger partial charge < -0.3 is 11.1 Å². The fraction of sp³-hybridized carbons (Fsp3) is 0.286. The van der Waals surface area contributed by atoms with Crippen LogP contribution < -0.4 is 11.1 Å². The molecule has 0 saturated heterocycles. The topological polar surface area (TPSA) is 68.2 Å². The SMILES string of the molecule is CCc1cccc(NC(N)=NCc2nn(C)cc2Br)c1. The van der Waals surface area contributed by atoms with Gasteiger partial charge in [0.05, 0.1) is 16.7 Å². The first-order chi connectivity index (χ1) is 9.58. The zero-order valence-corrected chi connectivity index (χ0v) is 13.2. The van der Waals surface area contributed by atoms with E-state index in [0.29, 0.717) is 12.5 Å². The number of aromatic nitrogens is 2. The molecule has 0 fully saturated rings. The number of nitrogens with zero attached hydrogens (tertiary/aromatic N) is 3. The van der Waals surface area contributed by atoms with Crippen LogP contribution in [0.15, 0.2) is 39.9 Å². The van der Waals surface area contributed by atoms with Crippen molar-refractivity contribution < 1.29 is 0 Å². The van der Waals surface area contributed by atoms with Crippen LogP contribution in [-0.2, 0) is 20.0 Å². The first kappa shape index (κ1) is 14.6. The Morgan fingerprint density at radius 3 is 2.95 bits per heavy atom. The van der Waals surface area contributed by atoms with Crippen LogP contribution in [0.5, 0.6) is 0 Å². The van der Waals surface area contributed by atoms with Crippen molar-refractivity contribution in [3.63, 3.8) is 0 Å². The summed E-state index contributed by atoms with van der Waals surface area (Å²) in [5, 5.41) is 7.39. The van der Waals surface area contributed by atoms with E-state index in [1.54, 1.807) is 4.68 Å². The van der Waals surface area contributed by atoms with E-state index >= 15 is 0 Å². The molecule has 0 spiro atoms. The predicted octanol–water partition coefficient (Wildman–Crippen LogP) is 2.67. The maximum absolute atomic E-state index is 5.89. The predicted molar refractivity (Wildman–Crippen MR) is 85.7 cm³/mol. The van der Waals surface area contributed by atoms with Crippen LogP contribution in [0.4, 0.5) is 5.69 Å². The summed E-state index contributed by atoms with van der Waals surface area (Å²) in [6.45, 7) is 2.56. The number of aliphatic imine (C=N–C) groups is 1. The highest BCUT2D eigenvalue weighted by atomic mass is 79.9. The standard InChI is InChI=1S/C14H18BrN5/c1-3-10-5-4-6-11(7-10)18-14(16)17-8-13-12(15)9-20(2)19-13/h4-7,9H,3,8H2,1-2H3,(H3,16,17,18). The smallest absolute Gasteiger partial charge is 0.193 e. The van der Waals surface area contributed by atoms with Gasteiger partial charge in [-0.2, -0.15) is 5.10 Å². The minimum atomic E-state index is 0.385. The third kappa shape index (κ3) is 3.84. The van der Waals surface area contributed by atoms with E-state index < -0.39 is 0 Å². The molecule has 106 valence electrons. The van der Waals surface area contributed by atoms with Crippen molar-refractivity contribution in [1.82, 2.24) is 9.78 Å². The second kappa shape index (κ2) is 6.56. The number of nitrogens with one attached hydrogen (secondary N) is 1. The molecule has 1 heterocycles. The minimum Gasteiger partial charge on any atom is -0.370 e. The van der Waals surface area contributed by atoms with Crippen molar-refractivity contribution in [2.75, 3.05) is 5.32 Å². The maximum atomic E-state index is 5.89. The van der Waals surface area contributed by atoms with Gasteiger partial charge in [-0.15, -0.1) is 0 Å². The van der Waals surface area contributed by atoms with Gasteiger partial charge in [-0.3, -0.25) is 4.68 Å². The molecule has 0 atom stereocenters. The first-order valence-electron chi connectivity index (χ1n) is 6.42. The summed E-state index contributed by atoms with van der Waals surface area (Å²) in [6.07, 6.45) is 2.88. The van der Waals surface area contributed by atoms with Gasteiger partial charge in [0.15, 0.2) is 5.96 Å². The molecule has 0 radical (unpaired) electrons. The van der Waals surface area contributed by atoms with Crippen molar-refractivity contribution in [1.29, 1.82) is 0 Å². The number of nitrogens with two attached hydrogens (primary N) is 1. The van der Waals surface area contributed by atoms with Gasteiger partial charge in [0.25, 0.3) is 0 Å². The summed E-state index contributed by atoms with van der Waals surface area (Å²) >= 11 is 3.44. The highest BCUT2D eigenvalue weighted by Gasteiger charge is 2.04. The van der Waals surface area contributed by atoms with E-state index in [4.69, 9.17) is 5.73 Å². The Balaban J connectivity index is 2.02. The molecule has 0 aliphatic heterocycles. The second-order valence-electron chi connectivity index (χ2n) is 4.48. The number of anilines is 1. The summed E-state index contributed by atoms with van der Waals surface area (Å²) < 4.78 is 2.67. The van der Waals surface area contributed by atoms with Gasteiger partial charge in [-0.1, -0.05) is 19.1 Å². The number of rotatable bonds is 4. The van der Waals surface area contributed by atoms with Gasteiger partial charge in [0.2, 0.25) is 0 Å². The highest BCUT2D eigenvalue weighted by molar-refractivity contribution is 9.10. The summed E-state index contributed by atoms with van der Waals surface area (Å²) in [4.78, 5) is 4.30. The Hall–Kier alpha value is -1.82. The molecule has 0 amide bonds. The molecular formula is C14H18BrN5. The summed E-state index contributed by atoms with van der Waals surface area (Å²) in [5.74, 6) is 0.385. The van der Waals surface area contributed by atoms with Crippen LogP contribution in [0.1, 0.15) is 18.2 Å². The monoisotopic (exact) mass is 335 g/mol. The summed E-state index contributed by atoms with van der Waals surface area (Å²) in [6, 6.07) is 8.13. The zero-order chi connectivity index (χ0) is 14.5. The third-order valence-electron chi connectivity index (χ3n) is 2.86. The van der Waals surface area contributed by atoms with Crippen LogP contribution in [0.3, 0.4) is 0 Å². The Bertz CT molecular complexity index is 618. The molecule has 2 aromatic rings. The number of aryl methyl sites for hydroxylation is 2. The highest BCUT2D eigenvalue weighted by Crippen LogP contribution is 2.15. The van der Waals surface area contributed by atoms with Crippen molar-refractivity contribution in [2.24, 2.45) is 17.8 Å². The fourth-order valence-corrected chi connectivity index (χ4v) is 2.33. The van der Waals surface area contributed by atoms with Gasteiger partial charge >= 0.3 is 0 Å². The quantitative estimate of drug-likeness (QED) is 0.666. The molecule has 6 heteroatoms. The molecule has 0 aliphatic carbocycles. The van der Waals surface area contributed by atoms with Crippen LogP contribution in [0, 0.1) is 0 Å². The lowest BCUT2D eigenvalue weighted by molar-refractivity contribution is 0.743. The Morgan fingerprint density at radius 2 is 2.30 bits per heavy atom. The van der Waals surface area contributed by atoms with Crippen molar-refractivity contribution in [3.05, 3.63) is 46.2 Å². The fourth-order valence-electron chi connectivity index (χ4n) is 1.83. The van der Waals surface area contributed by atoms with Crippen LogP contribution >= 0.6 is 15.9 Å². The van der Waals surface area contributed by atoms with Gasteiger partial charge in [-0.25, -0.2) is 4.99 Å². The van der Waals surface area contributed by atoms with E-state index in [0.717, 1.165) is 22.3 Å². The average Bonchev–Trinajstić information content (AvgIpc) is 2.75. The second-order valence-corrected chi connectivity index (χ2v) is 5.33. The van der Waals surface area contributed by atoms with Gasteiger partial charge in [0, 0.05) is 18.9 Å². The third-order valence-corrected chi connectivity index (χ3v) is 3.52. The molecule has 20 heavy (non-hydrogen) atoms. The van der Waals surface area contributed by atoms with E-state index in [9.17, 15) is 0 Å². The lowest BCUT2D eigenvalue weighted by Gasteiger charge is -2.06. The van der Waals surface area contributed by atoms with Gasteiger partial charge in [-0.05, 0) is 40.0 Å². The van der Waals surface area contributed by atoms with Crippen molar-refractivity contribution in [2.45, 2.75) is 19.9 Å². The number of benzene rings is 1. The maximum Gasteiger partial charge on any atom is 0.193 e. The number of guanidine groups is 1. The molecule has 2 rings (SSSR count). The van der Waals surface area contributed by atoms with E-state index in [2.05, 4.69) is 50.4 Å². The van der Waals surface area contributed by atoms with Crippen LogP contribution in [0.25, 0.3) is 0 Å². The van der Waals surface area contributed by atoms with Crippen molar-refractivity contribution >= 4 is 27.6 Å². The van der Waals surface area contributed by atoms with Gasteiger partial charge in [0.1, 0.15) is 0 Å². The molecule has 0 aliphatic rings. The molecule has 1 aromatic heterocycles. The molecular weight excluding hydrogens is 318 g/mol. The molecule has 0 unspecified atom stereocenters. The van der Waals surface area contributed by atoms with Crippen LogP contribution in [0.2, 0.25) is 0 Å². The summed E-state index contributed by atoms with van der Waals surface area (Å²) in [5.41, 5.74) is 8.96. The molecule has 5 nitrogen and oxygen atoms in total. The normalized spacial score (nSPS) is 11.7. The average molecular weight is 336 g/mol. The Morgan fingerprint density at radius 1 is 1.50 bits per heavy atom. The zero-order valence-electron chi connectivity index (χ0n) is 11.6. The molecule has 3 N–H and O–H groups in total. The number of hydrogen-bond acceptors (Lipinski definition) is 2. The number of halogens is 1. The van der Waals surface area contributed by atoms with E-state index in [1.807, 2.05) is 25.4 Å². The number of hydrogen-bond donors (Lipinski definition) is 2. The molecule has 0 saturated carbocycles. The molecule has 0 bridgehead atoms. The minimum absolute atomic E-state index is 0.385. The van der Waals surface area contributed by atoms with Crippen molar-refractivity contribution in [3.8, 4) is 0 Å². The van der Waals surface area contributed by atoms with E-state index in [1.165, 1.54) is 5.56 Å². The molecule has 1 aromatic carbocycles. The Kier molecular flexibility index (Phi) is 4.79. The largest absolute Gasteiger partial charge is 0.370 e. The Labute approximate surface area is 127 Å². The first-order valence-corrected chi connectivity index (χ1v) is 7.21. The lowest BCUT2D eigenvalue weighted by atomic mass is 10.1. The summed E-state index contributed by atoms with van der Waals surface area (Å²) in [7, 11) is 1.87. The van der Waals surface area contributed by atoms with Crippen LogP contribution in [-0.4, -0.2) is 15.7 Å². The lowest BCUT2D eigenvalue weighted by Crippen LogP contribution is -2.22. The van der Waals surface area contributed by atoms with E-state index in [-0.39, 0.29) is 0 Å².